The Labute approximate surface area is 180 Å². The van der Waals surface area contributed by atoms with Crippen LogP contribution in [0.3, 0.4) is 0 Å². The number of sulfonamides is 1. The van der Waals surface area contributed by atoms with Crippen molar-refractivity contribution in [2.45, 2.75) is 51.3 Å². The van der Waals surface area contributed by atoms with Crippen molar-refractivity contribution in [3.05, 3.63) is 71.3 Å². The highest BCUT2D eigenvalue weighted by molar-refractivity contribution is 7.88. The summed E-state index contributed by atoms with van der Waals surface area (Å²) in [5.41, 5.74) is 3.18. The van der Waals surface area contributed by atoms with E-state index in [4.69, 9.17) is 0 Å². The summed E-state index contributed by atoms with van der Waals surface area (Å²) in [6, 6.07) is 17.9. The molecule has 1 atom stereocenters. The Balaban J connectivity index is 1.44. The molecule has 1 N–H and O–H groups in total. The van der Waals surface area contributed by atoms with Crippen LogP contribution in [0.2, 0.25) is 0 Å². The molecule has 3 rings (SSSR count). The molecule has 0 radical (unpaired) electrons. The van der Waals surface area contributed by atoms with Crippen LogP contribution in [0.4, 0.5) is 0 Å². The SMILES string of the molecule is Cc1ccc(CS(=O)(=O)N2CCC(C(=O)NC(C)CCc3ccccc3)CC2)cc1. The highest BCUT2D eigenvalue weighted by atomic mass is 32.2. The summed E-state index contributed by atoms with van der Waals surface area (Å²) < 4.78 is 27.0. The number of piperidine rings is 1. The lowest BCUT2D eigenvalue weighted by atomic mass is 9.96. The lowest BCUT2D eigenvalue weighted by Crippen LogP contribution is -2.45. The molecule has 1 amide bonds. The Morgan fingerprint density at radius 2 is 1.67 bits per heavy atom. The monoisotopic (exact) mass is 428 g/mol. The van der Waals surface area contributed by atoms with Crippen LogP contribution in [0.15, 0.2) is 54.6 Å². The van der Waals surface area contributed by atoms with E-state index in [1.807, 2.05) is 56.3 Å². The number of carbonyl (C=O) groups excluding carboxylic acids is 1. The molecule has 2 aromatic carbocycles. The van der Waals surface area contributed by atoms with Crippen LogP contribution >= 0.6 is 0 Å². The first-order valence-corrected chi connectivity index (χ1v) is 12.3. The Hall–Kier alpha value is -2.18. The largest absolute Gasteiger partial charge is 0.353 e. The molecule has 0 bridgehead atoms. The smallest absolute Gasteiger partial charge is 0.223 e. The molecule has 1 aliphatic rings. The van der Waals surface area contributed by atoms with Crippen LogP contribution in [-0.2, 0) is 27.0 Å². The molecule has 0 saturated carbocycles. The van der Waals surface area contributed by atoms with Crippen molar-refractivity contribution in [3.63, 3.8) is 0 Å². The standard InChI is InChI=1S/C24H32N2O3S/c1-19-8-11-22(12-9-19)18-30(28,29)26-16-14-23(15-17-26)24(27)25-20(2)10-13-21-6-4-3-5-7-21/h3-9,11-12,20,23H,10,13-18H2,1-2H3,(H,25,27). The third kappa shape index (κ3) is 6.41. The molecule has 1 aliphatic heterocycles. The first-order valence-electron chi connectivity index (χ1n) is 10.7. The molecule has 162 valence electrons. The summed E-state index contributed by atoms with van der Waals surface area (Å²) in [4.78, 5) is 12.6. The van der Waals surface area contributed by atoms with Gasteiger partial charge in [0.15, 0.2) is 0 Å². The van der Waals surface area contributed by atoms with Gasteiger partial charge in [-0.25, -0.2) is 12.7 Å². The third-order valence-corrected chi connectivity index (χ3v) is 7.64. The van der Waals surface area contributed by atoms with E-state index in [1.54, 1.807) is 0 Å². The van der Waals surface area contributed by atoms with Crippen molar-refractivity contribution >= 4 is 15.9 Å². The van der Waals surface area contributed by atoms with Gasteiger partial charge in [-0.2, -0.15) is 0 Å². The molecule has 30 heavy (non-hydrogen) atoms. The summed E-state index contributed by atoms with van der Waals surface area (Å²) in [6.45, 7) is 4.83. The number of rotatable bonds is 8. The van der Waals surface area contributed by atoms with E-state index in [9.17, 15) is 13.2 Å². The average molecular weight is 429 g/mol. The van der Waals surface area contributed by atoms with Crippen LogP contribution < -0.4 is 5.32 Å². The predicted molar refractivity (Wildman–Crippen MR) is 120 cm³/mol. The molecule has 0 spiro atoms. The molecule has 2 aromatic rings. The minimum absolute atomic E-state index is 0.0145. The maximum atomic E-state index is 12.7. The van der Waals surface area contributed by atoms with Gasteiger partial charge >= 0.3 is 0 Å². The fourth-order valence-corrected chi connectivity index (χ4v) is 5.41. The summed E-state index contributed by atoms with van der Waals surface area (Å²) in [7, 11) is -3.36. The number of aryl methyl sites for hydroxylation is 2. The molecular formula is C24H32N2O3S. The van der Waals surface area contributed by atoms with Crippen LogP contribution in [0.25, 0.3) is 0 Å². The van der Waals surface area contributed by atoms with Crippen LogP contribution in [-0.4, -0.2) is 37.8 Å². The van der Waals surface area contributed by atoms with Gasteiger partial charge in [0.1, 0.15) is 0 Å². The van der Waals surface area contributed by atoms with Gasteiger partial charge in [0.05, 0.1) is 5.75 Å². The van der Waals surface area contributed by atoms with Gasteiger partial charge in [0, 0.05) is 25.0 Å². The van der Waals surface area contributed by atoms with E-state index in [0.29, 0.717) is 25.9 Å². The van der Waals surface area contributed by atoms with Crippen molar-refractivity contribution in [1.82, 2.24) is 9.62 Å². The Morgan fingerprint density at radius 3 is 2.30 bits per heavy atom. The van der Waals surface area contributed by atoms with E-state index in [1.165, 1.54) is 9.87 Å². The van der Waals surface area contributed by atoms with Crippen LogP contribution in [0, 0.1) is 12.8 Å². The number of nitrogens with one attached hydrogen (secondary N) is 1. The highest BCUT2D eigenvalue weighted by Gasteiger charge is 2.31. The van der Waals surface area contributed by atoms with Crippen LogP contribution in [0.5, 0.6) is 0 Å². The molecular weight excluding hydrogens is 396 g/mol. The number of benzene rings is 2. The number of amides is 1. The van der Waals surface area contributed by atoms with Crippen molar-refractivity contribution < 1.29 is 13.2 Å². The van der Waals surface area contributed by atoms with Crippen molar-refractivity contribution in [1.29, 1.82) is 0 Å². The van der Waals surface area contributed by atoms with Gasteiger partial charge in [-0.15, -0.1) is 0 Å². The summed E-state index contributed by atoms with van der Waals surface area (Å²) >= 11 is 0. The molecule has 0 aromatic heterocycles. The second-order valence-corrected chi connectivity index (χ2v) is 10.3. The number of nitrogens with zero attached hydrogens (tertiary/aromatic N) is 1. The minimum Gasteiger partial charge on any atom is -0.353 e. The Kier molecular flexibility index (Phi) is 7.67. The fourth-order valence-electron chi connectivity index (χ4n) is 3.84. The number of carbonyl (C=O) groups is 1. The maximum absolute atomic E-state index is 12.7. The predicted octanol–water partition coefficient (Wildman–Crippen LogP) is 3.67. The van der Waals surface area contributed by atoms with Crippen LogP contribution in [0.1, 0.15) is 42.9 Å². The molecule has 1 fully saturated rings. The topological polar surface area (TPSA) is 66.5 Å². The molecule has 1 saturated heterocycles. The zero-order chi connectivity index (χ0) is 21.6. The van der Waals surface area contributed by atoms with Gasteiger partial charge in [0.2, 0.25) is 15.9 Å². The van der Waals surface area contributed by atoms with Crippen molar-refractivity contribution in [2.24, 2.45) is 5.92 Å². The molecule has 6 heteroatoms. The summed E-state index contributed by atoms with van der Waals surface area (Å²) in [5, 5.41) is 3.11. The minimum atomic E-state index is -3.36. The van der Waals surface area contributed by atoms with E-state index in [2.05, 4.69) is 17.4 Å². The van der Waals surface area contributed by atoms with Gasteiger partial charge in [-0.05, 0) is 50.7 Å². The molecule has 1 heterocycles. The summed E-state index contributed by atoms with van der Waals surface area (Å²) in [5.74, 6) is -0.0538. The third-order valence-electron chi connectivity index (χ3n) is 5.79. The fraction of sp³-hybridized carbons (Fsp3) is 0.458. The normalized spacial score (nSPS) is 16.9. The second kappa shape index (κ2) is 10.2. The first kappa shape index (κ1) is 22.5. The quantitative estimate of drug-likeness (QED) is 0.698. The van der Waals surface area contributed by atoms with E-state index >= 15 is 0 Å². The van der Waals surface area contributed by atoms with E-state index in [-0.39, 0.29) is 23.6 Å². The molecule has 1 unspecified atom stereocenters. The zero-order valence-electron chi connectivity index (χ0n) is 17.9. The van der Waals surface area contributed by atoms with Gasteiger partial charge in [-0.3, -0.25) is 4.79 Å². The number of hydrogen-bond donors (Lipinski definition) is 1. The van der Waals surface area contributed by atoms with Gasteiger partial charge in [0.25, 0.3) is 0 Å². The average Bonchev–Trinajstić information content (AvgIpc) is 2.74. The zero-order valence-corrected chi connectivity index (χ0v) is 18.7. The van der Waals surface area contributed by atoms with Gasteiger partial charge in [-0.1, -0.05) is 60.2 Å². The number of hydrogen-bond acceptors (Lipinski definition) is 3. The maximum Gasteiger partial charge on any atom is 0.223 e. The molecule has 0 aliphatic carbocycles. The van der Waals surface area contributed by atoms with E-state index < -0.39 is 10.0 Å². The first-order chi connectivity index (χ1) is 14.3. The molecule has 5 nitrogen and oxygen atoms in total. The lowest BCUT2D eigenvalue weighted by molar-refractivity contribution is -0.126. The van der Waals surface area contributed by atoms with Crippen molar-refractivity contribution in [2.75, 3.05) is 13.1 Å². The van der Waals surface area contributed by atoms with E-state index in [0.717, 1.165) is 24.0 Å². The summed E-state index contributed by atoms with van der Waals surface area (Å²) in [6.07, 6.45) is 2.96. The second-order valence-electron chi connectivity index (χ2n) is 8.35. The highest BCUT2D eigenvalue weighted by Crippen LogP contribution is 2.22. The Bertz CT molecular complexity index is 919. The van der Waals surface area contributed by atoms with Gasteiger partial charge < -0.3 is 5.32 Å². The van der Waals surface area contributed by atoms with Crippen molar-refractivity contribution in [3.8, 4) is 0 Å². The Morgan fingerprint density at radius 1 is 1.03 bits per heavy atom. The lowest BCUT2D eigenvalue weighted by Gasteiger charge is -2.31.